The fraction of sp³-hybridized carbons (Fsp3) is 0.115. The number of halogens is 2. The summed E-state index contributed by atoms with van der Waals surface area (Å²) in [5, 5.41) is 2.76. The molecular formula is C26H21F2N3O2. The molecule has 4 aromatic rings. The van der Waals surface area contributed by atoms with Crippen LogP contribution in [0, 0.1) is 11.6 Å². The molecular weight excluding hydrogens is 424 g/mol. The normalized spacial score (nSPS) is 10.6. The molecule has 7 heteroatoms. The van der Waals surface area contributed by atoms with E-state index >= 15 is 0 Å². The molecule has 0 aliphatic carbocycles. The molecule has 4 rings (SSSR count). The van der Waals surface area contributed by atoms with E-state index in [0.29, 0.717) is 29.2 Å². The van der Waals surface area contributed by atoms with E-state index < -0.39 is 17.5 Å². The first-order chi connectivity index (χ1) is 16.0. The number of rotatable bonds is 7. The van der Waals surface area contributed by atoms with Crippen LogP contribution in [0.4, 0.5) is 14.6 Å². The van der Waals surface area contributed by atoms with E-state index in [1.54, 1.807) is 13.3 Å². The molecule has 33 heavy (non-hydrogen) atoms. The fourth-order valence-corrected chi connectivity index (χ4v) is 3.36. The lowest BCUT2D eigenvalue weighted by atomic mass is 10.1. The van der Waals surface area contributed by atoms with Crippen molar-refractivity contribution in [3.63, 3.8) is 0 Å². The van der Waals surface area contributed by atoms with E-state index in [0.717, 1.165) is 29.0 Å². The van der Waals surface area contributed by atoms with Gasteiger partial charge in [-0.05, 0) is 47.5 Å². The number of amides is 1. The molecule has 0 saturated carbocycles. The molecule has 1 heterocycles. The highest BCUT2D eigenvalue weighted by Crippen LogP contribution is 2.24. The summed E-state index contributed by atoms with van der Waals surface area (Å²) in [5.74, 6) is -1.29. The number of carbonyl (C=O) groups excluding carboxylic acids is 1. The molecule has 0 unspecified atom stereocenters. The number of anilines is 1. The van der Waals surface area contributed by atoms with Crippen LogP contribution in [0.3, 0.4) is 0 Å². The minimum absolute atomic E-state index is 0.121. The lowest BCUT2D eigenvalue weighted by Gasteiger charge is -2.12. The van der Waals surface area contributed by atoms with Gasteiger partial charge in [-0.3, -0.25) is 4.79 Å². The van der Waals surface area contributed by atoms with E-state index in [4.69, 9.17) is 9.72 Å². The third-order valence-corrected chi connectivity index (χ3v) is 5.05. The van der Waals surface area contributed by atoms with Gasteiger partial charge >= 0.3 is 0 Å². The second-order valence-electron chi connectivity index (χ2n) is 7.41. The van der Waals surface area contributed by atoms with Crippen molar-refractivity contribution < 1.29 is 18.3 Å². The Morgan fingerprint density at radius 2 is 1.70 bits per heavy atom. The van der Waals surface area contributed by atoms with Crippen LogP contribution in [-0.2, 0) is 17.6 Å². The summed E-state index contributed by atoms with van der Waals surface area (Å²) in [6, 6.07) is 20.6. The Kier molecular flexibility index (Phi) is 6.69. The second-order valence-corrected chi connectivity index (χ2v) is 7.41. The van der Waals surface area contributed by atoms with Gasteiger partial charge in [-0.2, -0.15) is 0 Å². The van der Waals surface area contributed by atoms with Crippen LogP contribution in [-0.4, -0.2) is 23.0 Å². The van der Waals surface area contributed by atoms with Crippen LogP contribution in [0.15, 0.2) is 79.0 Å². The fourth-order valence-electron chi connectivity index (χ4n) is 3.36. The summed E-state index contributed by atoms with van der Waals surface area (Å²) >= 11 is 0. The first-order valence-corrected chi connectivity index (χ1v) is 10.3. The monoisotopic (exact) mass is 445 g/mol. The predicted octanol–water partition coefficient (Wildman–Crippen LogP) is 5.20. The average Bonchev–Trinajstić information content (AvgIpc) is 2.83. The molecule has 5 nitrogen and oxygen atoms in total. The zero-order chi connectivity index (χ0) is 23.2. The molecule has 0 fully saturated rings. The van der Waals surface area contributed by atoms with E-state index in [1.165, 1.54) is 6.07 Å². The smallest absolute Gasteiger partial charge is 0.229 e. The molecule has 0 radical (unpaired) electrons. The molecule has 166 valence electrons. The maximum Gasteiger partial charge on any atom is 0.229 e. The summed E-state index contributed by atoms with van der Waals surface area (Å²) in [6.45, 7) is 0. The number of nitrogens with one attached hydrogen (secondary N) is 1. The Morgan fingerprint density at radius 1 is 0.939 bits per heavy atom. The lowest BCUT2D eigenvalue weighted by molar-refractivity contribution is -0.115. The third-order valence-electron chi connectivity index (χ3n) is 5.05. The summed E-state index contributed by atoms with van der Waals surface area (Å²) < 4.78 is 31.8. The van der Waals surface area contributed by atoms with Crippen molar-refractivity contribution in [2.45, 2.75) is 12.8 Å². The Morgan fingerprint density at radius 3 is 2.39 bits per heavy atom. The quantitative estimate of drug-likeness (QED) is 0.425. The van der Waals surface area contributed by atoms with E-state index in [9.17, 15) is 13.6 Å². The van der Waals surface area contributed by atoms with Gasteiger partial charge in [-0.1, -0.05) is 36.4 Å². The lowest BCUT2D eigenvalue weighted by Crippen LogP contribution is -2.18. The molecule has 3 aromatic carbocycles. The molecule has 1 amide bonds. The number of aromatic nitrogens is 2. The number of nitrogens with zero attached hydrogens (tertiary/aromatic N) is 2. The molecule has 0 saturated heterocycles. The van der Waals surface area contributed by atoms with Crippen LogP contribution in [0.5, 0.6) is 5.75 Å². The van der Waals surface area contributed by atoms with Crippen LogP contribution < -0.4 is 10.1 Å². The minimum atomic E-state index is -0.992. The SMILES string of the molecule is COc1ccc(-c2cnc(NC(=O)Cc3ccc(F)c(F)c3)c(Cc3ccccc3)n2)cc1. The van der Waals surface area contributed by atoms with Crippen LogP contribution in [0.1, 0.15) is 16.8 Å². The van der Waals surface area contributed by atoms with Gasteiger partial charge in [0.15, 0.2) is 17.5 Å². The number of carbonyl (C=O) groups is 1. The standard InChI is InChI=1S/C26H21F2N3O2/c1-33-20-10-8-19(9-11-20)24-16-29-26(23(30-24)14-17-5-3-2-4-6-17)31-25(32)15-18-7-12-21(27)22(28)13-18/h2-13,16H,14-15H2,1H3,(H,29,31,32). The maximum absolute atomic E-state index is 13.5. The van der Waals surface area contributed by atoms with Crippen molar-refractivity contribution in [2.24, 2.45) is 0 Å². The Bertz CT molecular complexity index is 1260. The van der Waals surface area contributed by atoms with Crippen molar-refractivity contribution in [1.29, 1.82) is 0 Å². The van der Waals surface area contributed by atoms with Gasteiger partial charge in [0.2, 0.25) is 5.91 Å². The highest BCUT2D eigenvalue weighted by Gasteiger charge is 2.14. The Balaban J connectivity index is 1.61. The highest BCUT2D eigenvalue weighted by molar-refractivity contribution is 5.92. The summed E-state index contributed by atoms with van der Waals surface area (Å²) in [4.78, 5) is 21.8. The number of hydrogen-bond acceptors (Lipinski definition) is 4. The van der Waals surface area contributed by atoms with Gasteiger partial charge in [0.1, 0.15) is 5.75 Å². The van der Waals surface area contributed by atoms with Gasteiger partial charge in [0.25, 0.3) is 0 Å². The first-order valence-electron chi connectivity index (χ1n) is 10.3. The van der Waals surface area contributed by atoms with Gasteiger partial charge in [0.05, 0.1) is 31.1 Å². The van der Waals surface area contributed by atoms with Gasteiger partial charge in [0, 0.05) is 12.0 Å². The molecule has 0 aliphatic rings. The average molecular weight is 445 g/mol. The van der Waals surface area contributed by atoms with Gasteiger partial charge < -0.3 is 10.1 Å². The number of ether oxygens (including phenoxy) is 1. The summed E-state index contributed by atoms with van der Waals surface area (Å²) in [5.41, 5.74) is 3.47. The number of methoxy groups -OCH3 is 1. The van der Waals surface area contributed by atoms with Crippen molar-refractivity contribution >= 4 is 11.7 Å². The zero-order valence-electron chi connectivity index (χ0n) is 17.9. The molecule has 0 aliphatic heterocycles. The first kappa shape index (κ1) is 22.1. The van der Waals surface area contributed by atoms with Crippen molar-refractivity contribution in [3.05, 3.63) is 107 Å². The molecule has 1 aromatic heterocycles. The van der Waals surface area contributed by atoms with E-state index in [1.807, 2.05) is 54.6 Å². The molecule has 1 N–H and O–H groups in total. The molecule has 0 spiro atoms. The molecule has 0 atom stereocenters. The Hall–Kier alpha value is -4.13. The number of hydrogen-bond donors (Lipinski definition) is 1. The second kappa shape index (κ2) is 9.99. The Labute approximate surface area is 190 Å². The van der Waals surface area contributed by atoms with Crippen molar-refractivity contribution in [1.82, 2.24) is 9.97 Å². The topological polar surface area (TPSA) is 64.1 Å². The van der Waals surface area contributed by atoms with Gasteiger partial charge in [-0.15, -0.1) is 0 Å². The highest BCUT2D eigenvalue weighted by atomic mass is 19.2. The number of benzene rings is 3. The zero-order valence-corrected chi connectivity index (χ0v) is 17.9. The predicted molar refractivity (Wildman–Crippen MR) is 122 cm³/mol. The van der Waals surface area contributed by atoms with Crippen LogP contribution in [0.25, 0.3) is 11.3 Å². The van der Waals surface area contributed by atoms with E-state index in [-0.39, 0.29) is 6.42 Å². The third kappa shape index (κ3) is 5.57. The van der Waals surface area contributed by atoms with E-state index in [2.05, 4.69) is 10.3 Å². The van der Waals surface area contributed by atoms with Gasteiger partial charge in [-0.25, -0.2) is 18.7 Å². The summed E-state index contributed by atoms with van der Waals surface area (Å²) in [6.07, 6.45) is 1.92. The minimum Gasteiger partial charge on any atom is -0.497 e. The van der Waals surface area contributed by atoms with Crippen LogP contribution >= 0.6 is 0 Å². The van der Waals surface area contributed by atoms with Crippen LogP contribution in [0.2, 0.25) is 0 Å². The maximum atomic E-state index is 13.5. The van der Waals surface area contributed by atoms with Crippen molar-refractivity contribution in [3.8, 4) is 17.0 Å². The summed E-state index contributed by atoms with van der Waals surface area (Å²) in [7, 11) is 1.60. The largest absolute Gasteiger partial charge is 0.497 e. The van der Waals surface area contributed by atoms with Crippen molar-refractivity contribution in [2.75, 3.05) is 12.4 Å². The molecule has 0 bridgehead atoms.